The lowest BCUT2D eigenvalue weighted by molar-refractivity contribution is -0.148. The molecule has 9 nitrogen and oxygen atoms in total. The molecule has 2 aliphatic heterocycles. The monoisotopic (exact) mass is 475 g/mol. The van der Waals surface area contributed by atoms with Crippen LogP contribution in [0.1, 0.15) is 23.6 Å². The van der Waals surface area contributed by atoms with E-state index in [0.29, 0.717) is 44.1 Å². The molecule has 182 valence electrons. The molecule has 9 heteroatoms. The first-order valence-corrected chi connectivity index (χ1v) is 11.7. The molecule has 3 heterocycles. The molecule has 1 atom stereocenters. The van der Waals surface area contributed by atoms with Crippen molar-refractivity contribution >= 4 is 17.8 Å². The number of aromatic nitrogens is 1. The fourth-order valence-corrected chi connectivity index (χ4v) is 4.54. The Hall–Kier alpha value is -3.90. The van der Waals surface area contributed by atoms with Gasteiger partial charge in [0.1, 0.15) is 17.9 Å². The Balaban J connectivity index is 1.75. The van der Waals surface area contributed by atoms with E-state index in [9.17, 15) is 14.9 Å². The zero-order valence-corrected chi connectivity index (χ0v) is 19.8. The van der Waals surface area contributed by atoms with Gasteiger partial charge in [-0.05, 0) is 18.9 Å². The third kappa shape index (κ3) is 4.98. The Kier molecular flexibility index (Phi) is 7.63. The minimum absolute atomic E-state index is 0.172. The van der Waals surface area contributed by atoms with Crippen LogP contribution in [-0.4, -0.2) is 67.3 Å². The lowest BCUT2D eigenvalue weighted by Gasteiger charge is -2.41. The van der Waals surface area contributed by atoms with Crippen molar-refractivity contribution in [2.24, 2.45) is 0 Å². The molecule has 1 N–H and O–H groups in total. The van der Waals surface area contributed by atoms with Gasteiger partial charge < -0.3 is 24.6 Å². The van der Waals surface area contributed by atoms with E-state index in [2.05, 4.69) is 18.0 Å². The third-order valence-electron chi connectivity index (χ3n) is 6.19. The first kappa shape index (κ1) is 24.2. The Labute approximate surface area is 204 Å². The number of nitrogens with one attached hydrogen (secondary N) is 1. The maximum Gasteiger partial charge on any atom is 0.330 e. The van der Waals surface area contributed by atoms with Gasteiger partial charge in [-0.2, -0.15) is 5.26 Å². The Morgan fingerprint density at radius 3 is 2.83 bits per heavy atom. The number of hydrogen-bond donors (Lipinski definition) is 1. The molecule has 1 aromatic heterocycles. The fourth-order valence-electron chi connectivity index (χ4n) is 4.54. The second kappa shape index (κ2) is 11.0. The summed E-state index contributed by atoms with van der Waals surface area (Å²) in [4.78, 5) is 33.9. The molecule has 0 aliphatic carbocycles. The maximum atomic E-state index is 12.8. The molecule has 0 saturated carbocycles. The first-order valence-electron chi connectivity index (χ1n) is 11.7. The largest absolute Gasteiger partial charge is 0.464 e. The van der Waals surface area contributed by atoms with Crippen molar-refractivity contribution in [3.63, 3.8) is 0 Å². The number of carbonyl (C=O) groups excluding carboxylic acids is 2. The number of nitrogens with zero attached hydrogens (tertiary/aromatic N) is 4. The number of rotatable bonds is 6. The maximum absolute atomic E-state index is 12.8. The summed E-state index contributed by atoms with van der Waals surface area (Å²) in [5.74, 6) is 0.0338. The van der Waals surface area contributed by atoms with Gasteiger partial charge in [0, 0.05) is 30.8 Å². The predicted molar refractivity (Wildman–Crippen MR) is 131 cm³/mol. The second-order valence-electron chi connectivity index (χ2n) is 8.28. The lowest BCUT2D eigenvalue weighted by atomic mass is 9.93. The fraction of sp³-hybridized carbons (Fsp3) is 0.385. The van der Waals surface area contributed by atoms with Crippen LogP contribution in [-0.2, 0) is 27.3 Å². The molecule has 1 saturated heterocycles. The normalized spacial score (nSPS) is 17.2. The van der Waals surface area contributed by atoms with Crippen molar-refractivity contribution in [2.45, 2.75) is 26.0 Å². The summed E-state index contributed by atoms with van der Waals surface area (Å²) in [6.07, 6.45) is 2.19. The standard InChI is InChI=1S/C26H29N5O4/c1-3-11-28-26(33)31-13-12-30(16-22(31)25(32)35-4-2)24-20(15-27)19-10-14-34-17-21(19)23(29-24)18-8-6-5-7-9-18/h3,5-9,22H,1,4,10-14,16-17H2,2H3,(H,28,33). The van der Waals surface area contributed by atoms with Gasteiger partial charge in [-0.1, -0.05) is 36.4 Å². The number of fused-ring (bicyclic) bond motifs is 1. The Morgan fingerprint density at radius 2 is 2.11 bits per heavy atom. The topological polar surface area (TPSA) is 108 Å². The van der Waals surface area contributed by atoms with E-state index in [4.69, 9.17) is 14.5 Å². The smallest absolute Gasteiger partial charge is 0.330 e. The summed E-state index contributed by atoms with van der Waals surface area (Å²) in [7, 11) is 0. The van der Waals surface area contributed by atoms with Gasteiger partial charge >= 0.3 is 12.0 Å². The van der Waals surface area contributed by atoms with Gasteiger partial charge in [-0.15, -0.1) is 6.58 Å². The van der Waals surface area contributed by atoms with Crippen LogP contribution in [0.2, 0.25) is 0 Å². The zero-order chi connectivity index (χ0) is 24.8. The molecule has 35 heavy (non-hydrogen) atoms. The highest BCUT2D eigenvalue weighted by Gasteiger charge is 2.38. The van der Waals surface area contributed by atoms with Crippen LogP contribution < -0.4 is 10.2 Å². The summed E-state index contributed by atoms with van der Waals surface area (Å²) < 4.78 is 11.0. The molecule has 0 bridgehead atoms. The number of hydrogen-bond acceptors (Lipinski definition) is 7. The van der Waals surface area contributed by atoms with Gasteiger partial charge in [0.25, 0.3) is 0 Å². The van der Waals surface area contributed by atoms with E-state index < -0.39 is 12.0 Å². The summed E-state index contributed by atoms with van der Waals surface area (Å²) in [5, 5.41) is 12.9. The molecule has 0 spiro atoms. The number of amides is 2. The van der Waals surface area contributed by atoms with Gasteiger partial charge in [-0.3, -0.25) is 0 Å². The van der Waals surface area contributed by atoms with E-state index in [1.807, 2.05) is 35.2 Å². The van der Waals surface area contributed by atoms with Crippen LogP contribution in [0.5, 0.6) is 0 Å². The van der Waals surface area contributed by atoms with Crippen LogP contribution >= 0.6 is 0 Å². The average Bonchev–Trinajstić information content (AvgIpc) is 2.91. The number of urea groups is 1. The van der Waals surface area contributed by atoms with Crippen molar-refractivity contribution in [3.05, 3.63) is 59.7 Å². The Morgan fingerprint density at radius 1 is 1.31 bits per heavy atom. The summed E-state index contributed by atoms with van der Waals surface area (Å²) in [6.45, 7) is 7.64. The first-order chi connectivity index (χ1) is 17.1. The van der Waals surface area contributed by atoms with Crippen molar-refractivity contribution in [2.75, 3.05) is 44.3 Å². The van der Waals surface area contributed by atoms with E-state index >= 15 is 0 Å². The zero-order valence-electron chi connectivity index (χ0n) is 19.8. The van der Waals surface area contributed by atoms with Crippen molar-refractivity contribution in [3.8, 4) is 17.3 Å². The number of nitriles is 1. The number of carbonyl (C=O) groups is 2. The minimum atomic E-state index is -0.832. The van der Waals surface area contributed by atoms with Gasteiger partial charge in [0.2, 0.25) is 0 Å². The Bertz CT molecular complexity index is 1140. The van der Waals surface area contributed by atoms with Crippen molar-refractivity contribution in [1.29, 1.82) is 5.26 Å². The molecule has 2 amide bonds. The van der Waals surface area contributed by atoms with E-state index in [-0.39, 0.29) is 25.7 Å². The molecular formula is C26H29N5O4. The van der Waals surface area contributed by atoms with Crippen molar-refractivity contribution < 1.29 is 19.1 Å². The number of ether oxygens (including phenoxy) is 2. The van der Waals surface area contributed by atoms with Gasteiger partial charge in [0.05, 0.1) is 37.6 Å². The number of piperazine rings is 1. The molecular weight excluding hydrogens is 446 g/mol. The molecule has 2 aliphatic rings. The van der Waals surface area contributed by atoms with E-state index in [1.165, 1.54) is 4.90 Å². The average molecular weight is 476 g/mol. The molecule has 2 aromatic rings. The highest BCUT2D eigenvalue weighted by atomic mass is 16.5. The highest BCUT2D eigenvalue weighted by Crippen LogP contribution is 2.35. The van der Waals surface area contributed by atoms with Gasteiger partial charge in [0.15, 0.2) is 0 Å². The SMILES string of the molecule is C=CCNC(=O)N1CCN(c2nc(-c3ccccc3)c3c(c2C#N)CCOC3)CC1C(=O)OCC. The van der Waals surface area contributed by atoms with Crippen LogP contribution in [0, 0.1) is 11.3 Å². The molecule has 1 fully saturated rings. The molecule has 4 rings (SSSR count). The summed E-state index contributed by atoms with van der Waals surface area (Å²) in [6, 6.07) is 11.0. The van der Waals surface area contributed by atoms with E-state index in [1.54, 1.807) is 13.0 Å². The number of esters is 1. The van der Waals surface area contributed by atoms with Crippen LogP contribution in [0.3, 0.4) is 0 Å². The molecule has 0 radical (unpaired) electrons. The summed E-state index contributed by atoms with van der Waals surface area (Å²) in [5.41, 5.74) is 4.06. The molecule has 1 aromatic carbocycles. The summed E-state index contributed by atoms with van der Waals surface area (Å²) >= 11 is 0. The van der Waals surface area contributed by atoms with Crippen LogP contribution in [0.25, 0.3) is 11.3 Å². The quantitative estimate of drug-likeness (QED) is 0.505. The minimum Gasteiger partial charge on any atom is -0.464 e. The highest BCUT2D eigenvalue weighted by molar-refractivity contribution is 5.85. The van der Waals surface area contributed by atoms with Crippen LogP contribution in [0.15, 0.2) is 43.0 Å². The van der Waals surface area contributed by atoms with E-state index in [0.717, 1.165) is 22.4 Å². The lowest BCUT2D eigenvalue weighted by Crippen LogP contribution is -2.61. The number of anilines is 1. The van der Waals surface area contributed by atoms with Crippen LogP contribution in [0.4, 0.5) is 10.6 Å². The number of benzene rings is 1. The van der Waals surface area contributed by atoms with Crippen molar-refractivity contribution in [1.82, 2.24) is 15.2 Å². The second-order valence-corrected chi connectivity index (χ2v) is 8.28. The molecule has 1 unspecified atom stereocenters. The number of pyridine rings is 1. The van der Waals surface area contributed by atoms with Gasteiger partial charge in [-0.25, -0.2) is 14.6 Å². The third-order valence-corrected chi connectivity index (χ3v) is 6.19. The predicted octanol–water partition coefficient (Wildman–Crippen LogP) is 2.64.